The van der Waals surface area contributed by atoms with Crippen LogP contribution in [0.25, 0.3) is 0 Å². The summed E-state index contributed by atoms with van der Waals surface area (Å²) in [6.07, 6.45) is 4.65. The molecule has 0 aromatic heterocycles. The van der Waals surface area contributed by atoms with Gasteiger partial charge in [0, 0.05) is 30.2 Å². The second-order valence-electron chi connectivity index (χ2n) is 7.96. The van der Waals surface area contributed by atoms with Crippen molar-refractivity contribution in [2.75, 3.05) is 11.9 Å². The van der Waals surface area contributed by atoms with E-state index in [1.807, 2.05) is 20.8 Å². The van der Waals surface area contributed by atoms with Gasteiger partial charge in [0.05, 0.1) is 12.2 Å². The number of nitrogens with two attached hydrogens (primary N) is 1. The maximum atomic E-state index is 14.3. The van der Waals surface area contributed by atoms with Crippen molar-refractivity contribution in [1.82, 2.24) is 0 Å². The summed E-state index contributed by atoms with van der Waals surface area (Å²) in [5, 5.41) is 2.75. The van der Waals surface area contributed by atoms with E-state index < -0.39 is 16.8 Å². The molecular formula is C20H30ClFN2O3. The number of benzene rings is 1. The van der Waals surface area contributed by atoms with Gasteiger partial charge in [0.25, 0.3) is 0 Å². The molecule has 1 aromatic rings. The van der Waals surface area contributed by atoms with Crippen molar-refractivity contribution in [3.8, 4) is 5.75 Å². The molecule has 1 aromatic carbocycles. The Morgan fingerprint density at radius 3 is 2.56 bits per heavy atom. The van der Waals surface area contributed by atoms with Crippen LogP contribution in [0.5, 0.6) is 5.75 Å². The van der Waals surface area contributed by atoms with Gasteiger partial charge in [-0.1, -0.05) is 13.8 Å². The molecule has 2 aliphatic rings. The number of carbonyl (C=O) groups is 1. The van der Waals surface area contributed by atoms with Gasteiger partial charge < -0.3 is 20.5 Å². The maximum absolute atomic E-state index is 14.3. The van der Waals surface area contributed by atoms with Crippen molar-refractivity contribution < 1.29 is 18.7 Å². The lowest BCUT2D eigenvalue weighted by molar-refractivity contribution is -0.166. The summed E-state index contributed by atoms with van der Waals surface area (Å²) in [4.78, 5) is 12.7. The van der Waals surface area contributed by atoms with Gasteiger partial charge in [-0.2, -0.15) is 0 Å². The monoisotopic (exact) mass is 400 g/mol. The highest BCUT2D eigenvalue weighted by molar-refractivity contribution is 5.99. The lowest BCUT2D eigenvalue weighted by Crippen LogP contribution is -2.74. The van der Waals surface area contributed by atoms with Gasteiger partial charge in [0.15, 0.2) is 11.6 Å². The minimum absolute atomic E-state index is 0. The Bertz CT molecular complexity index is 679. The van der Waals surface area contributed by atoms with Crippen molar-refractivity contribution in [2.24, 2.45) is 11.1 Å². The van der Waals surface area contributed by atoms with Crippen LogP contribution in [0.2, 0.25) is 0 Å². The van der Waals surface area contributed by atoms with Crippen LogP contribution in [-0.2, 0) is 9.53 Å². The molecule has 2 saturated carbocycles. The van der Waals surface area contributed by atoms with Crippen molar-refractivity contribution >= 4 is 24.0 Å². The van der Waals surface area contributed by atoms with Gasteiger partial charge in [0.1, 0.15) is 5.54 Å². The van der Waals surface area contributed by atoms with E-state index in [1.54, 1.807) is 12.1 Å². The highest BCUT2D eigenvalue weighted by Crippen LogP contribution is 2.50. The summed E-state index contributed by atoms with van der Waals surface area (Å²) in [6.45, 7) is 6.36. The molecule has 2 fully saturated rings. The van der Waals surface area contributed by atoms with Gasteiger partial charge in [-0.15, -0.1) is 12.4 Å². The van der Waals surface area contributed by atoms with Crippen molar-refractivity contribution in [3.05, 3.63) is 24.0 Å². The van der Waals surface area contributed by atoms with Crippen LogP contribution in [-0.4, -0.2) is 30.3 Å². The quantitative estimate of drug-likeness (QED) is 0.755. The molecule has 0 aliphatic heterocycles. The molecule has 0 saturated heterocycles. The van der Waals surface area contributed by atoms with Crippen LogP contribution >= 0.6 is 12.4 Å². The zero-order valence-corrected chi connectivity index (χ0v) is 17.0. The lowest BCUT2D eigenvalue weighted by Gasteiger charge is -2.57. The number of anilines is 1. The second kappa shape index (κ2) is 8.33. The highest BCUT2D eigenvalue weighted by atomic mass is 35.5. The molecule has 7 heteroatoms. The normalized spacial score (nSPS) is 26.8. The van der Waals surface area contributed by atoms with E-state index >= 15 is 0 Å². The third-order valence-corrected chi connectivity index (χ3v) is 6.02. The minimum atomic E-state index is -1.04. The number of rotatable bonds is 6. The van der Waals surface area contributed by atoms with E-state index in [2.05, 4.69) is 5.32 Å². The summed E-state index contributed by atoms with van der Waals surface area (Å²) in [7, 11) is 0. The average molecular weight is 401 g/mol. The molecule has 0 bridgehead atoms. The third kappa shape index (κ3) is 4.08. The zero-order valence-electron chi connectivity index (χ0n) is 16.2. The van der Waals surface area contributed by atoms with E-state index in [9.17, 15) is 9.18 Å². The van der Waals surface area contributed by atoms with Crippen LogP contribution < -0.4 is 15.8 Å². The van der Waals surface area contributed by atoms with Crippen LogP contribution in [0.1, 0.15) is 52.9 Å². The first-order valence-electron chi connectivity index (χ1n) is 9.46. The summed E-state index contributed by atoms with van der Waals surface area (Å²) >= 11 is 0. The molecule has 2 atom stereocenters. The Hall–Kier alpha value is -1.37. The van der Waals surface area contributed by atoms with Crippen molar-refractivity contribution in [2.45, 2.75) is 70.6 Å². The van der Waals surface area contributed by atoms with Gasteiger partial charge in [-0.3, -0.25) is 4.79 Å². The van der Waals surface area contributed by atoms with Gasteiger partial charge in [0.2, 0.25) is 5.91 Å². The largest absolute Gasteiger partial charge is 0.487 e. The number of hydrogen-bond acceptors (Lipinski definition) is 4. The third-order valence-electron chi connectivity index (χ3n) is 6.02. The van der Waals surface area contributed by atoms with E-state index in [-0.39, 0.29) is 36.3 Å². The number of amides is 1. The van der Waals surface area contributed by atoms with E-state index in [4.69, 9.17) is 15.2 Å². The topological polar surface area (TPSA) is 73.6 Å². The Morgan fingerprint density at radius 1 is 1.33 bits per heavy atom. The highest BCUT2D eigenvalue weighted by Gasteiger charge is 2.62. The average Bonchev–Trinajstić information content (AvgIpc) is 3.10. The first kappa shape index (κ1) is 21.9. The molecule has 152 valence electrons. The van der Waals surface area contributed by atoms with Crippen LogP contribution in [0.15, 0.2) is 18.2 Å². The van der Waals surface area contributed by atoms with Gasteiger partial charge in [-0.25, -0.2) is 4.39 Å². The Labute approximate surface area is 166 Å². The Balaban J connectivity index is 0.00000261. The number of nitrogens with one attached hydrogen (secondary N) is 1. The molecule has 2 unspecified atom stereocenters. The molecule has 27 heavy (non-hydrogen) atoms. The summed E-state index contributed by atoms with van der Waals surface area (Å²) in [6, 6.07) is 4.51. The molecule has 0 spiro atoms. The zero-order chi connectivity index (χ0) is 18.9. The van der Waals surface area contributed by atoms with Crippen molar-refractivity contribution in [3.63, 3.8) is 0 Å². The van der Waals surface area contributed by atoms with E-state index in [0.717, 1.165) is 25.7 Å². The number of halogens is 2. The van der Waals surface area contributed by atoms with E-state index in [0.29, 0.717) is 18.7 Å². The number of hydrogen-bond donors (Lipinski definition) is 2. The molecule has 0 heterocycles. The minimum Gasteiger partial charge on any atom is -0.487 e. The lowest BCUT2D eigenvalue weighted by atomic mass is 9.54. The summed E-state index contributed by atoms with van der Waals surface area (Å²) < 4.78 is 25.7. The SMILES string of the molecule is CCOC1CC(N)(C(=O)Nc2ccc(OC3CCCC3)c(F)c2)C1(C)C.Cl. The molecule has 1 amide bonds. The van der Waals surface area contributed by atoms with Gasteiger partial charge >= 0.3 is 0 Å². The molecule has 5 nitrogen and oxygen atoms in total. The summed E-state index contributed by atoms with van der Waals surface area (Å²) in [5.74, 6) is -0.555. The Kier molecular flexibility index (Phi) is 6.77. The fourth-order valence-corrected chi connectivity index (χ4v) is 3.92. The van der Waals surface area contributed by atoms with Crippen molar-refractivity contribution in [1.29, 1.82) is 0 Å². The first-order valence-corrected chi connectivity index (χ1v) is 9.46. The molecule has 3 N–H and O–H groups in total. The fraction of sp³-hybridized carbons (Fsp3) is 0.650. The number of ether oxygens (including phenoxy) is 2. The fourth-order valence-electron chi connectivity index (χ4n) is 3.92. The smallest absolute Gasteiger partial charge is 0.245 e. The standard InChI is InChI=1S/C20H29FN2O3.ClH/c1-4-25-17-12-20(22,19(17,2)3)18(24)23-13-9-10-16(15(21)11-13)26-14-7-5-6-8-14;/h9-11,14,17H,4-8,12,22H2,1-3H3,(H,23,24);1H. The first-order chi connectivity index (χ1) is 12.3. The molecule has 0 radical (unpaired) electrons. The van der Waals surface area contributed by atoms with Crippen LogP contribution in [0, 0.1) is 11.2 Å². The summed E-state index contributed by atoms with van der Waals surface area (Å²) in [5.41, 5.74) is 5.21. The Morgan fingerprint density at radius 2 is 2.00 bits per heavy atom. The van der Waals surface area contributed by atoms with Gasteiger partial charge in [-0.05, 0) is 44.7 Å². The molecule has 3 rings (SSSR count). The predicted molar refractivity (Wildman–Crippen MR) is 106 cm³/mol. The second-order valence-corrected chi connectivity index (χ2v) is 7.96. The molecule has 2 aliphatic carbocycles. The number of carbonyl (C=O) groups excluding carboxylic acids is 1. The van der Waals surface area contributed by atoms with Crippen LogP contribution in [0.4, 0.5) is 10.1 Å². The van der Waals surface area contributed by atoms with Crippen LogP contribution in [0.3, 0.4) is 0 Å². The van der Waals surface area contributed by atoms with E-state index in [1.165, 1.54) is 6.07 Å². The maximum Gasteiger partial charge on any atom is 0.245 e. The predicted octanol–water partition coefficient (Wildman–Crippen LogP) is 4.04. The molecular weight excluding hydrogens is 371 g/mol.